The Morgan fingerprint density at radius 2 is 2.10 bits per heavy atom. The fourth-order valence-electron chi connectivity index (χ4n) is 1.57. The zero-order valence-electron chi connectivity index (χ0n) is 10.2. The minimum Gasteiger partial charge on any atom is -0.321 e. The Morgan fingerprint density at radius 3 is 2.65 bits per heavy atom. The van der Waals surface area contributed by atoms with Crippen molar-refractivity contribution in [2.24, 2.45) is 0 Å². The Kier molecular flexibility index (Phi) is 3.71. The molecule has 0 aliphatic rings. The number of carbonyl (C=O) groups is 1. The summed E-state index contributed by atoms with van der Waals surface area (Å²) < 4.78 is 37.8. The summed E-state index contributed by atoms with van der Waals surface area (Å²) in [5.41, 5.74) is -0.253. The molecular weight excluding hydrogens is 295 g/mol. The van der Waals surface area contributed by atoms with E-state index in [1.807, 2.05) is 0 Å². The Morgan fingerprint density at radius 1 is 1.40 bits per heavy atom. The van der Waals surface area contributed by atoms with Crippen molar-refractivity contribution in [1.82, 2.24) is 10.2 Å². The molecule has 4 nitrogen and oxygen atoms in total. The SMILES string of the molecule is Cc1[nH]ncc1C(=O)Nc1cc(C(F)(F)F)ccc1Cl. The summed E-state index contributed by atoms with van der Waals surface area (Å²) in [4.78, 5) is 11.9. The van der Waals surface area contributed by atoms with Crippen LogP contribution in [0.25, 0.3) is 0 Å². The highest BCUT2D eigenvalue weighted by atomic mass is 35.5. The number of nitrogens with one attached hydrogen (secondary N) is 2. The molecule has 1 aromatic heterocycles. The van der Waals surface area contributed by atoms with Crippen LogP contribution in [0.5, 0.6) is 0 Å². The van der Waals surface area contributed by atoms with Crippen molar-refractivity contribution in [3.05, 3.63) is 46.2 Å². The van der Waals surface area contributed by atoms with Gasteiger partial charge in [-0.05, 0) is 25.1 Å². The monoisotopic (exact) mass is 303 g/mol. The van der Waals surface area contributed by atoms with Crippen LogP contribution in [-0.2, 0) is 6.18 Å². The van der Waals surface area contributed by atoms with Gasteiger partial charge in [-0.2, -0.15) is 18.3 Å². The lowest BCUT2D eigenvalue weighted by molar-refractivity contribution is -0.137. The van der Waals surface area contributed by atoms with Crippen LogP contribution in [0.2, 0.25) is 5.02 Å². The molecule has 0 aliphatic heterocycles. The van der Waals surface area contributed by atoms with E-state index in [9.17, 15) is 18.0 Å². The van der Waals surface area contributed by atoms with E-state index in [2.05, 4.69) is 15.5 Å². The first-order valence-electron chi connectivity index (χ1n) is 5.47. The molecule has 0 saturated carbocycles. The topological polar surface area (TPSA) is 57.8 Å². The van der Waals surface area contributed by atoms with Gasteiger partial charge in [0.1, 0.15) is 0 Å². The van der Waals surface area contributed by atoms with Crippen molar-refractivity contribution in [2.75, 3.05) is 5.32 Å². The number of benzene rings is 1. The molecule has 0 aliphatic carbocycles. The maximum atomic E-state index is 12.6. The summed E-state index contributed by atoms with van der Waals surface area (Å²) >= 11 is 5.79. The zero-order chi connectivity index (χ0) is 14.9. The van der Waals surface area contributed by atoms with Crippen LogP contribution in [-0.4, -0.2) is 16.1 Å². The number of carbonyl (C=O) groups excluding carboxylic acids is 1. The second kappa shape index (κ2) is 5.16. The number of aromatic amines is 1. The lowest BCUT2D eigenvalue weighted by Crippen LogP contribution is -2.14. The molecule has 20 heavy (non-hydrogen) atoms. The minimum atomic E-state index is -4.50. The molecule has 1 amide bonds. The third-order valence-electron chi connectivity index (χ3n) is 2.62. The molecule has 0 radical (unpaired) electrons. The molecular formula is C12H9ClF3N3O. The lowest BCUT2D eigenvalue weighted by Gasteiger charge is -2.11. The lowest BCUT2D eigenvalue weighted by atomic mass is 10.2. The number of alkyl halides is 3. The van der Waals surface area contributed by atoms with E-state index in [4.69, 9.17) is 11.6 Å². The Bertz CT molecular complexity index is 652. The van der Waals surface area contributed by atoms with E-state index in [0.717, 1.165) is 18.2 Å². The summed E-state index contributed by atoms with van der Waals surface area (Å²) in [7, 11) is 0. The van der Waals surface area contributed by atoms with Gasteiger partial charge in [-0.15, -0.1) is 0 Å². The molecule has 2 N–H and O–H groups in total. The van der Waals surface area contributed by atoms with E-state index in [-0.39, 0.29) is 16.3 Å². The summed E-state index contributed by atoms with van der Waals surface area (Å²) in [6.07, 6.45) is -3.22. The van der Waals surface area contributed by atoms with Gasteiger partial charge in [0, 0.05) is 5.69 Å². The van der Waals surface area contributed by atoms with Crippen molar-refractivity contribution in [2.45, 2.75) is 13.1 Å². The Balaban J connectivity index is 2.30. The Hall–Kier alpha value is -2.02. The van der Waals surface area contributed by atoms with Gasteiger partial charge in [-0.1, -0.05) is 11.6 Å². The molecule has 2 aromatic rings. The average Bonchev–Trinajstić information content (AvgIpc) is 2.77. The van der Waals surface area contributed by atoms with Gasteiger partial charge in [-0.3, -0.25) is 9.89 Å². The largest absolute Gasteiger partial charge is 0.416 e. The van der Waals surface area contributed by atoms with Crippen molar-refractivity contribution < 1.29 is 18.0 Å². The van der Waals surface area contributed by atoms with E-state index < -0.39 is 17.6 Å². The first-order chi connectivity index (χ1) is 9.29. The second-order valence-electron chi connectivity index (χ2n) is 4.06. The van der Waals surface area contributed by atoms with Crippen molar-refractivity contribution in [3.8, 4) is 0 Å². The summed E-state index contributed by atoms with van der Waals surface area (Å²) in [5.74, 6) is -0.586. The quantitative estimate of drug-likeness (QED) is 0.890. The van der Waals surface area contributed by atoms with Gasteiger partial charge >= 0.3 is 6.18 Å². The van der Waals surface area contributed by atoms with Crippen LogP contribution < -0.4 is 5.32 Å². The highest BCUT2D eigenvalue weighted by Crippen LogP contribution is 2.33. The van der Waals surface area contributed by atoms with Crippen LogP contribution in [0.1, 0.15) is 21.6 Å². The molecule has 8 heteroatoms. The number of rotatable bonds is 2. The number of nitrogens with zero attached hydrogens (tertiary/aromatic N) is 1. The van der Waals surface area contributed by atoms with E-state index in [0.29, 0.717) is 5.69 Å². The molecule has 0 fully saturated rings. The van der Waals surface area contributed by atoms with Crippen molar-refractivity contribution in [1.29, 1.82) is 0 Å². The van der Waals surface area contributed by atoms with Crippen LogP contribution in [0.15, 0.2) is 24.4 Å². The van der Waals surface area contributed by atoms with Gasteiger partial charge in [0.15, 0.2) is 0 Å². The van der Waals surface area contributed by atoms with Gasteiger partial charge in [0.05, 0.1) is 28.0 Å². The van der Waals surface area contributed by atoms with Crippen molar-refractivity contribution in [3.63, 3.8) is 0 Å². The molecule has 1 aromatic carbocycles. The molecule has 0 spiro atoms. The predicted molar refractivity (Wildman–Crippen MR) is 67.7 cm³/mol. The standard InChI is InChI=1S/C12H9ClF3N3O/c1-6-8(5-17-19-6)11(20)18-10-4-7(12(14,15)16)2-3-9(10)13/h2-5H,1H3,(H,17,19)(H,18,20). The van der Waals surface area contributed by atoms with Gasteiger partial charge in [-0.25, -0.2) is 0 Å². The van der Waals surface area contributed by atoms with E-state index in [1.165, 1.54) is 6.20 Å². The van der Waals surface area contributed by atoms with Crippen LogP contribution in [0, 0.1) is 6.92 Å². The maximum absolute atomic E-state index is 12.6. The summed E-state index contributed by atoms with van der Waals surface area (Å²) in [6.45, 7) is 1.62. The van der Waals surface area contributed by atoms with Gasteiger partial charge < -0.3 is 5.32 Å². The number of aryl methyl sites for hydroxylation is 1. The molecule has 2 rings (SSSR count). The second-order valence-corrected chi connectivity index (χ2v) is 4.46. The maximum Gasteiger partial charge on any atom is 0.416 e. The first kappa shape index (κ1) is 14.4. The fraction of sp³-hybridized carbons (Fsp3) is 0.167. The number of halogens is 4. The van der Waals surface area contributed by atoms with Crippen LogP contribution in [0.3, 0.4) is 0 Å². The highest BCUT2D eigenvalue weighted by Gasteiger charge is 2.31. The number of amides is 1. The average molecular weight is 304 g/mol. The smallest absolute Gasteiger partial charge is 0.321 e. The normalized spacial score (nSPS) is 11.4. The fourth-order valence-corrected chi connectivity index (χ4v) is 1.73. The Labute approximate surface area is 116 Å². The molecule has 106 valence electrons. The molecule has 0 atom stereocenters. The molecule has 0 bridgehead atoms. The molecule has 1 heterocycles. The third kappa shape index (κ3) is 2.93. The number of H-pyrrole nitrogens is 1. The highest BCUT2D eigenvalue weighted by molar-refractivity contribution is 6.34. The number of hydrogen-bond acceptors (Lipinski definition) is 2. The van der Waals surface area contributed by atoms with E-state index in [1.54, 1.807) is 6.92 Å². The number of aromatic nitrogens is 2. The molecule has 0 unspecified atom stereocenters. The summed E-state index contributed by atoms with van der Waals surface area (Å²) in [6, 6.07) is 2.72. The van der Waals surface area contributed by atoms with Gasteiger partial charge in [0.2, 0.25) is 0 Å². The van der Waals surface area contributed by atoms with Gasteiger partial charge in [0.25, 0.3) is 5.91 Å². The number of hydrogen-bond donors (Lipinski definition) is 2. The zero-order valence-corrected chi connectivity index (χ0v) is 10.9. The van der Waals surface area contributed by atoms with E-state index >= 15 is 0 Å². The third-order valence-corrected chi connectivity index (χ3v) is 2.95. The van der Waals surface area contributed by atoms with Crippen LogP contribution in [0.4, 0.5) is 18.9 Å². The van der Waals surface area contributed by atoms with Crippen LogP contribution >= 0.6 is 11.6 Å². The number of anilines is 1. The predicted octanol–water partition coefficient (Wildman–Crippen LogP) is 3.64. The first-order valence-corrected chi connectivity index (χ1v) is 5.85. The van der Waals surface area contributed by atoms with Crippen molar-refractivity contribution >= 4 is 23.2 Å². The minimum absolute atomic E-state index is 0.0208. The molecule has 0 saturated heterocycles. The summed E-state index contributed by atoms with van der Waals surface area (Å²) in [5, 5.41) is 8.58.